The highest BCUT2D eigenvalue weighted by Crippen LogP contribution is 2.22. The van der Waals surface area contributed by atoms with Gasteiger partial charge in [-0.1, -0.05) is 54.6 Å². The molecule has 1 N–H and O–H groups in total. The molecule has 0 saturated carbocycles. The van der Waals surface area contributed by atoms with Gasteiger partial charge in [-0.2, -0.15) is 0 Å². The maximum absolute atomic E-state index is 12.5. The fraction of sp³-hybridized carbons (Fsp3) is 0. The van der Waals surface area contributed by atoms with Gasteiger partial charge >= 0.3 is 0 Å². The molecular formula is C19H14NO4S-. The summed E-state index contributed by atoms with van der Waals surface area (Å²) >= 11 is 0. The van der Waals surface area contributed by atoms with Crippen molar-refractivity contribution in [3.8, 4) is 11.1 Å². The van der Waals surface area contributed by atoms with Crippen molar-refractivity contribution in [2.24, 2.45) is 0 Å². The topological polar surface area (TPSA) is 86.3 Å². The molecule has 3 aromatic rings. The number of carboxylic acid groups (broad SMARTS) is 1. The molecular weight excluding hydrogens is 338 g/mol. The lowest BCUT2D eigenvalue weighted by molar-refractivity contribution is -0.255. The van der Waals surface area contributed by atoms with Gasteiger partial charge in [-0.15, -0.1) is 0 Å². The number of carboxylic acids is 1. The quantitative estimate of drug-likeness (QED) is 0.764. The van der Waals surface area contributed by atoms with E-state index < -0.39 is 16.0 Å². The van der Waals surface area contributed by atoms with Crippen molar-refractivity contribution >= 4 is 21.7 Å². The zero-order valence-electron chi connectivity index (χ0n) is 13.0. The predicted molar refractivity (Wildman–Crippen MR) is 93.5 cm³/mol. The van der Waals surface area contributed by atoms with E-state index in [0.717, 1.165) is 11.1 Å². The third kappa shape index (κ3) is 3.87. The van der Waals surface area contributed by atoms with E-state index in [0.29, 0.717) is 0 Å². The molecule has 6 heteroatoms. The maximum Gasteiger partial charge on any atom is 0.261 e. The molecule has 3 aromatic carbocycles. The van der Waals surface area contributed by atoms with E-state index in [1.165, 1.54) is 36.4 Å². The van der Waals surface area contributed by atoms with E-state index >= 15 is 0 Å². The monoisotopic (exact) mass is 352 g/mol. The van der Waals surface area contributed by atoms with E-state index in [1.54, 1.807) is 12.1 Å². The van der Waals surface area contributed by atoms with E-state index in [2.05, 4.69) is 4.72 Å². The summed E-state index contributed by atoms with van der Waals surface area (Å²) < 4.78 is 27.3. The highest BCUT2D eigenvalue weighted by atomic mass is 32.2. The lowest BCUT2D eigenvalue weighted by Crippen LogP contribution is -2.22. The number of benzene rings is 3. The van der Waals surface area contributed by atoms with Gasteiger partial charge in [-0.05, 0) is 41.0 Å². The fourth-order valence-electron chi connectivity index (χ4n) is 2.38. The van der Waals surface area contributed by atoms with Crippen LogP contribution in [-0.2, 0) is 10.0 Å². The first-order valence-electron chi connectivity index (χ1n) is 7.45. The van der Waals surface area contributed by atoms with Crippen molar-refractivity contribution in [2.75, 3.05) is 4.72 Å². The summed E-state index contributed by atoms with van der Waals surface area (Å²) in [6, 6.07) is 21.5. The number of rotatable bonds is 5. The molecule has 0 amide bonds. The van der Waals surface area contributed by atoms with Crippen molar-refractivity contribution in [3.63, 3.8) is 0 Å². The van der Waals surface area contributed by atoms with Gasteiger partial charge in [0.05, 0.1) is 10.9 Å². The van der Waals surface area contributed by atoms with Gasteiger partial charge in [0.15, 0.2) is 0 Å². The highest BCUT2D eigenvalue weighted by molar-refractivity contribution is 7.92. The zero-order valence-corrected chi connectivity index (χ0v) is 13.9. The summed E-state index contributed by atoms with van der Waals surface area (Å²) in [5.41, 5.74) is 1.95. The summed E-state index contributed by atoms with van der Waals surface area (Å²) in [5, 5.41) is 10.9. The van der Waals surface area contributed by atoms with Gasteiger partial charge in [-0.25, -0.2) is 8.42 Å². The van der Waals surface area contributed by atoms with Gasteiger partial charge in [0.1, 0.15) is 0 Å². The molecule has 0 heterocycles. The minimum Gasteiger partial charge on any atom is -0.545 e. The molecule has 0 bridgehead atoms. The molecule has 0 aliphatic carbocycles. The van der Waals surface area contributed by atoms with Crippen LogP contribution in [0.3, 0.4) is 0 Å². The minimum absolute atomic E-state index is 0.0889. The normalized spacial score (nSPS) is 11.0. The van der Waals surface area contributed by atoms with Crippen molar-refractivity contribution in [1.29, 1.82) is 0 Å². The molecule has 25 heavy (non-hydrogen) atoms. The first-order chi connectivity index (χ1) is 12.0. The second-order valence-electron chi connectivity index (χ2n) is 5.36. The molecule has 0 unspecified atom stereocenters. The summed E-state index contributed by atoms with van der Waals surface area (Å²) in [4.78, 5) is 11.0. The first-order valence-corrected chi connectivity index (χ1v) is 8.94. The van der Waals surface area contributed by atoms with Crippen molar-refractivity contribution < 1.29 is 18.3 Å². The van der Waals surface area contributed by atoms with E-state index in [4.69, 9.17) is 0 Å². The number of anilines is 1. The Bertz CT molecular complexity index is 997. The van der Waals surface area contributed by atoms with Crippen LogP contribution in [0.15, 0.2) is 83.8 Å². The van der Waals surface area contributed by atoms with Crippen molar-refractivity contribution in [1.82, 2.24) is 0 Å². The van der Waals surface area contributed by atoms with Crippen LogP contribution in [0.2, 0.25) is 0 Å². The smallest absolute Gasteiger partial charge is 0.261 e. The molecule has 5 nitrogen and oxygen atoms in total. The number of carbonyl (C=O) groups excluding carboxylic acids is 1. The summed E-state index contributed by atoms with van der Waals surface area (Å²) in [5.74, 6) is -1.37. The largest absolute Gasteiger partial charge is 0.545 e. The average molecular weight is 352 g/mol. The Labute approximate surface area is 145 Å². The molecule has 0 aliphatic heterocycles. The number of carbonyl (C=O) groups is 1. The summed E-state index contributed by atoms with van der Waals surface area (Å²) in [6.07, 6.45) is 0. The molecule has 0 atom stereocenters. The Hall–Kier alpha value is -3.12. The SMILES string of the molecule is O=C([O-])c1cccc(NS(=O)(=O)c2ccc(-c3ccccc3)cc2)c1. The van der Waals surface area contributed by atoms with Crippen LogP contribution >= 0.6 is 0 Å². The zero-order chi connectivity index (χ0) is 17.9. The maximum atomic E-state index is 12.5. The first kappa shape index (κ1) is 16.7. The van der Waals surface area contributed by atoms with Gasteiger partial charge in [0.25, 0.3) is 10.0 Å². The number of aromatic carboxylic acids is 1. The number of hydrogen-bond acceptors (Lipinski definition) is 4. The molecule has 0 radical (unpaired) electrons. The molecule has 126 valence electrons. The summed E-state index contributed by atoms with van der Waals surface area (Å²) in [6.45, 7) is 0. The van der Waals surface area contributed by atoms with Crippen molar-refractivity contribution in [2.45, 2.75) is 4.90 Å². The Morgan fingerprint density at radius 1 is 0.800 bits per heavy atom. The molecule has 0 aromatic heterocycles. The van der Waals surface area contributed by atoms with Crippen LogP contribution in [0.1, 0.15) is 10.4 Å². The average Bonchev–Trinajstić information content (AvgIpc) is 2.62. The Morgan fingerprint density at radius 3 is 2.08 bits per heavy atom. The van der Waals surface area contributed by atoms with Crippen molar-refractivity contribution in [3.05, 3.63) is 84.4 Å². The number of sulfonamides is 1. The van der Waals surface area contributed by atoms with Crippen LogP contribution in [0, 0.1) is 0 Å². The minimum atomic E-state index is -3.82. The van der Waals surface area contributed by atoms with Crippen LogP contribution in [0.25, 0.3) is 11.1 Å². The van der Waals surface area contributed by atoms with Crippen LogP contribution < -0.4 is 9.83 Å². The second-order valence-corrected chi connectivity index (χ2v) is 7.05. The molecule has 0 aliphatic rings. The van der Waals surface area contributed by atoms with Crippen LogP contribution in [0.5, 0.6) is 0 Å². The third-order valence-corrected chi connectivity index (χ3v) is 5.02. The number of nitrogens with one attached hydrogen (secondary N) is 1. The van der Waals surface area contributed by atoms with E-state index in [-0.39, 0.29) is 16.1 Å². The van der Waals surface area contributed by atoms with Gasteiger partial charge in [0.2, 0.25) is 0 Å². The lowest BCUT2D eigenvalue weighted by atomic mass is 10.1. The van der Waals surface area contributed by atoms with Crippen LogP contribution in [0.4, 0.5) is 5.69 Å². The predicted octanol–water partition coefficient (Wildman–Crippen LogP) is 2.52. The molecule has 0 fully saturated rings. The number of hydrogen-bond donors (Lipinski definition) is 1. The fourth-order valence-corrected chi connectivity index (χ4v) is 3.43. The highest BCUT2D eigenvalue weighted by Gasteiger charge is 2.14. The standard InChI is InChI=1S/C19H15NO4S/c21-19(22)16-7-4-8-17(13-16)20-25(23,24)18-11-9-15(10-12-18)14-5-2-1-3-6-14/h1-13,20H,(H,21,22)/p-1. The molecule has 0 saturated heterocycles. The van der Waals surface area contributed by atoms with Gasteiger partial charge < -0.3 is 9.90 Å². The Kier molecular flexibility index (Phi) is 4.54. The second kappa shape index (κ2) is 6.78. The summed E-state index contributed by atoms with van der Waals surface area (Å²) in [7, 11) is -3.82. The lowest BCUT2D eigenvalue weighted by Gasteiger charge is -2.10. The van der Waals surface area contributed by atoms with E-state index in [1.807, 2.05) is 30.3 Å². The Balaban J connectivity index is 1.85. The molecule has 3 rings (SSSR count). The van der Waals surface area contributed by atoms with Crippen LogP contribution in [-0.4, -0.2) is 14.4 Å². The van der Waals surface area contributed by atoms with Gasteiger partial charge in [0, 0.05) is 5.69 Å². The molecule has 0 spiro atoms. The van der Waals surface area contributed by atoms with Gasteiger partial charge in [-0.3, -0.25) is 4.72 Å². The Morgan fingerprint density at radius 2 is 1.44 bits per heavy atom. The van der Waals surface area contributed by atoms with E-state index in [9.17, 15) is 18.3 Å². The third-order valence-electron chi connectivity index (χ3n) is 3.62.